The molecule has 1 fully saturated rings. The van der Waals surface area contributed by atoms with Crippen molar-refractivity contribution in [3.8, 4) is 0 Å². The Hall–Kier alpha value is -2.48. The molecule has 0 saturated carbocycles. The summed E-state index contributed by atoms with van der Waals surface area (Å²) in [7, 11) is -3.61. The number of nitrogens with zero attached hydrogens (tertiary/aromatic N) is 3. The summed E-state index contributed by atoms with van der Waals surface area (Å²) < 4.78 is 42.4. The van der Waals surface area contributed by atoms with Gasteiger partial charge in [0, 0.05) is 62.3 Å². The van der Waals surface area contributed by atoms with Crippen LogP contribution in [0.2, 0.25) is 0 Å². The van der Waals surface area contributed by atoms with Crippen molar-refractivity contribution < 1.29 is 12.8 Å². The lowest BCUT2D eigenvalue weighted by molar-refractivity contribution is 0.190. The van der Waals surface area contributed by atoms with E-state index in [0.717, 1.165) is 73.8 Å². The standard InChI is InChI=1S/C30H40FN3O2S/c1-3-5-18-33(19-6-4-2)29-11-7-10-28-27(29)9-8-12-30(28)37(35,36)34-23-21-32(22-24-34)20-17-25-13-15-26(31)16-14-25/h7-16H,3-6,17-24H2,1-2H3. The molecule has 1 heterocycles. The van der Waals surface area contributed by atoms with Gasteiger partial charge in [0.1, 0.15) is 5.82 Å². The second-order valence-electron chi connectivity index (χ2n) is 9.94. The molecule has 0 amide bonds. The number of fused-ring (bicyclic) bond motifs is 1. The zero-order valence-electron chi connectivity index (χ0n) is 22.2. The molecule has 1 aliphatic rings. The van der Waals surface area contributed by atoms with Crippen molar-refractivity contribution in [3.05, 3.63) is 72.0 Å². The molecule has 3 aromatic rings. The molecule has 200 valence electrons. The molecule has 1 saturated heterocycles. The van der Waals surface area contributed by atoms with E-state index in [1.54, 1.807) is 10.4 Å². The lowest BCUT2D eigenvalue weighted by atomic mass is 10.1. The number of hydrogen-bond acceptors (Lipinski definition) is 4. The van der Waals surface area contributed by atoms with E-state index >= 15 is 0 Å². The van der Waals surface area contributed by atoms with Crippen LogP contribution in [0.15, 0.2) is 65.6 Å². The first-order valence-electron chi connectivity index (χ1n) is 13.7. The van der Waals surface area contributed by atoms with Crippen molar-refractivity contribution in [2.45, 2.75) is 50.8 Å². The zero-order chi connectivity index (χ0) is 26.3. The van der Waals surface area contributed by atoms with E-state index in [1.165, 1.54) is 12.1 Å². The van der Waals surface area contributed by atoms with E-state index in [1.807, 2.05) is 30.3 Å². The van der Waals surface area contributed by atoms with Gasteiger partial charge in [0.25, 0.3) is 0 Å². The Labute approximate surface area is 221 Å². The number of sulfonamides is 1. The Morgan fingerprint density at radius 3 is 2.08 bits per heavy atom. The molecule has 5 nitrogen and oxygen atoms in total. The molecule has 0 spiro atoms. The number of benzene rings is 3. The van der Waals surface area contributed by atoms with Gasteiger partial charge in [0.2, 0.25) is 10.0 Å². The van der Waals surface area contributed by atoms with Crippen molar-refractivity contribution in [2.75, 3.05) is 50.7 Å². The van der Waals surface area contributed by atoms with Gasteiger partial charge in [0.15, 0.2) is 0 Å². The fourth-order valence-corrected chi connectivity index (χ4v) is 6.72. The van der Waals surface area contributed by atoms with Gasteiger partial charge in [-0.05, 0) is 49.1 Å². The van der Waals surface area contributed by atoms with E-state index in [9.17, 15) is 12.8 Å². The monoisotopic (exact) mass is 525 g/mol. The Balaban J connectivity index is 1.50. The molecule has 0 aromatic heterocycles. The number of anilines is 1. The zero-order valence-corrected chi connectivity index (χ0v) is 23.0. The second kappa shape index (κ2) is 12.9. The summed E-state index contributed by atoms with van der Waals surface area (Å²) in [6, 6.07) is 18.4. The molecule has 0 radical (unpaired) electrons. The average molecular weight is 526 g/mol. The first-order chi connectivity index (χ1) is 17.9. The normalized spacial score (nSPS) is 15.3. The van der Waals surface area contributed by atoms with Crippen LogP contribution >= 0.6 is 0 Å². The topological polar surface area (TPSA) is 43.9 Å². The molecular formula is C30H40FN3O2S. The van der Waals surface area contributed by atoms with Crippen LogP contribution in [-0.4, -0.2) is 63.4 Å². The molecule has 3 aromatic carbocycles. The molecule has 0 bridgehead atoms. The first-order valence-corrected chi connectivity index (χ1v) is 15.1. The van der Waals surface area contributed by atoms with E-state index in [-0.39, 0.29) is 5.82 Å². The Bertz CT molecular complexity index is 1250. The maximum Gasteiger partial charge on any atom is 0.243 e. The van der Waals surface area contributed by atoms with E-state index in [2.05, 4.69) is 35.8 Å². The molecule has 4 rings (SSSR count). The summed E-state index contributed by atoms with van der Waals surface area (Å²) in [6.07, 6.45) is 5.31. The molecule has 0 aliphatic carbocycles. The van der Waals surface area contributed by atoms with Crippen LogP contribution in [0.5, 0.6) is 0 Å². The summed E-state index contributed by atoms with van der Waals surface area (Å²) in [5.41, 5.74) is 2.22. The molecule has 37 heavy (non-hydrogen) atoms. The van der Waals surface area contributed by atoms with Crippen LogP contribution in [0.3, 0.4) is 0 Å². The van der Waals surface area contributed by atoms with Gasteiger partial charge in [-0.1, -0.05) is 63.1 Å². The lowest BCUT2D eigenvalue weighted by Gasteiger charge is -2.34. The van der Waals surface area contributed by atoms with Gasteiger partial charge in [0.05, 0.1) is 4.90 Å². The van der Waals surface area contributed by atoms with Gasteiger partial charge in [-0.15, -0.1) is 0 Å². The largest absolute Gasteiger partial charge is 0.371 e. The van der Waals surface area contributed by atoms with Gasteiger partial charge in [-0.25, -0.2) is 12.8 Å². The van der Waals surface area contributed by atoms with Crippen molar-refractivity contribution in [2.24, 2.45) is 0 Å². The highest BCUT2D eigenvalue weighted by Gasteiger charge is 2.30. The van der Waals surface area contributed by atoms with Crippen LogP contribution in [-0.2, 0) is 16.4 Å². The van der Waals surface area contributed by atoms with Gasteiger partial charge >= 0.3 is 0 Å². The third-order valence-corrected chi connectivity index (χ3v) is 9.30. The van der Waals surface area contributed by atoms with Gasteiger partial charge in [-0.3, -0.25) is 0 Å². The van der Waals surface area contributed by atoms with E-state index in [4.69, 9.17) is 0 Å². The fourth-order valence-electron chi connectivity index (χ4n) is 5.09. The highest BCUT2D eigenvalue weighted by atomic mass is 32.2. The predicted molar refractivity (Wildman–Crippen MR) is 151 cm³/mol. The summed E-state index contributed by atoms with van der Waals surface area (Å²) in [5.74, 6) is -0.224. The molecular weight excluding hydrogens is 485 g/mol. The third kappa shape index (κ3) is 6.70. The number of unbranched alkanes of at least 4 members (excludes halogenated alkanes) is 2. The number of halogens is 1. The minimum Gasteiger partial charge on any atom is -0.371 e. The molecule has 1 aliphatic heterocycles. The predicted octanol–water partition coefficient (Wildman–Crippen LogP) is 5.93. The van der Waals surface area contributed by atoms with Crippen molar-refractivity contribution in [1.82, 2.24) is 9.21 Å². The van der Waals surface area contributed by atoms with Gasteiger partial charge in [-0.2, -0.15) is 4.31 Å². The highest BCUT2D eigenvalue weighted by molar-refractivity contribution is 7.89. The summed E-state index contributed by atoms with van der Waals surface area (Å²) >= 11 is 0. The van der Waals surface area contributed by atoms with Crippen LogP contribution in [0.1, 0.15) is 45.1 Å². The summed E-state index contributed by atoms with van der Waals surface area (Å²) in [5, 5.41) is 1.81. The van der Waals surface area contributed by atoms with Gasteiger partial charge < -0.3 is 9.80 Å². The van der Waals surface area contributed by atoms with Crippen molar-refractivity contribution in [1.29, 1.82) is 0 Å². The summed E-state index contributed by atoms with van der Waals surface area (Å²) in [6.45, 7) is 9.53. The minimum atomic E-state index is -3.61. The van der Waals surface area contributed by atoms with Crippen LogP contribution in [0.25, 0.3) is 10.8 Å². The molecule has 0 atom stereocenters. The van der Waals surface area contributed by atoms with Crippen LogP contribution < -0.4 is 4.90 Å². The molecule has 7 heteroatoms. The fraction of sp³-hybridized carbons (Fsp3) is 0.467. The average Bonchev–Trinajstić information content (AvgIpc) is 2.92. The third-order valence-electron chi connectivity index (χ3n) is 7.34. The molecule has 0 N–H and O–H groups in total. The Kier molecular flexibility index (Phi) is 9.57. The first kappa shape index (κ1) is 27.6. The number of rotatable bonds is 12. The maximum atomic E-state index is 13.8. The van der Waals surface area contributed by atoms with Crippen LogP contribution in [0.4, 0.5) is 10.1 Å². The minimum absolute atomic E-state index is 0.224. The van der Waals surface area contributed by atoms with E-state index < -0.39 is 10.0 Å². The molecule has 0 unspecified atom stereocenters. The Morgan fingerprint density at radius 2 is 1.43 bits per heavy atom. The number of hydrogen-bond donors (Lipinski definition) is 0. The highest BCUT2D eigenvalue weighted by Crippen LogP contribution is 2.33. The lowest BCUT2D eigenvalue weighted by Crippen LogP contribution is -2.49. The number of piperazine rings is 1. The van der Waals surface area contributed by atoms with Crippen molar-refractivity contribution in [3.63, 3.8) is 0 Å². The Morgan fingerprint density at radius 1 is 0.811 bits per heavy atom. The summed E-state index contributed by atoms with van der Waals surface area (Å²) in [4.78, 5) is 5.11. The van der Waals surface area contributed by atoms with Crippen LogP contribution in [0, 0.1) is 5.82 Å². The van der Waals surface area contributed by atoms with Crippen molar-refractivity contribution >= 4 is 26.5 Å². The van der Waals surface area contributed by atoms with E-state index in [0.29, 0.717) is 31.1 Å². The maximum absolute atomic E-state index is 13.8. The SMILES string of the molecule is CCCCN(CCCC)c1cccc2c(S(=O)(=O)N3CCN(CCc4ccc(F)cc4)CC3)cccc12. The smallest absolute Gasteiger partial charge is 0.243 e. The quantitative estimate of drug-likeness (QED) is 0.294. The second-order valence-corrected chi connectivity index (χ2v) is 11.9.